The minimum absolute atomic E-state index is 0.159. The van der Waals surface area contributed by atoms with Crippen LogP contribution in [0.5, 0.6) is 0 Å². The smallest absolute Gasteiger partial charge is 0.0871 e. The molecule has 0 aromatic heterocycles. The fourth-order valence-corrected chi connectivity index (χ4v) is 2.74. The Labute approximate surface area is 122 Å². The molecule has 1 aliphatic heterocycles. The van der Waals surface area contributed by atoms with Gasteiger partial charge in [0.1, 0.15) is 0 Å². The fourth-order valence-electron chi connectivity index (χ4n) is 2.74. The number of likely N-dealkylation sites (N-methyl/N-ethyl adjacent to an activating group) is 1. The van der Waals surface area contributed by atoms with Gasteiger partial charge in [-0.15, -0.1) is 0 Å². The van der Waals surface area contributed by atoms with E-state index in [0.717, 1.165) is 32.7 Å². The van der Waals surface area contributed by atoms with Gasteiger partial charge in [-0.05, 0) is 43.5 Å². The molecule has 112 valence electrons. The number of hydrogen-bond donors (Lipinski definition) is 2. The highest BCUT2D eigenvalue weighted by Crippen LogP contribution is 2.15. The monoisotopic (exact) mass is 277 g/mol. The zero-order valence-electron chi connectivity index (χ0n) is 12.9. The number of nitrogens with zero attached hydrogens (tertiary/aromatic N) is 1. The van der Waals surface area contributed by atoms with E-state index in [1.807, 2.05) is 0 Å². The number of hydrogen-bond acceptors (Lipinski definition) is 4. The molecule has 0 saturated carbocycles. The van der Waals surface area contributed by atoms with Crippen LogP contribution in [-0.2, 0) is 11.2 Å². The molecule has 3 N–H and O–H groups in total. The molecule has 1 heterocycles. The number of nitrogens with one attached hydrogen (secondary N) is 1. The van der Waals surface area contributed by atoms with Gasteiger partial charge in [0.2, 0.25) is 0 Å². The lowest BCUT2D eigenvalue weighted by Crippen LogP contribution is -2.54. The lowest BCUT2D eigenvalue weighted by Gasteiger charge is -2.36. The van der Waals surface area contributed by atoms with Crippen molar-refractivity contribution >= 4 is 0 Å². The average molecular weight is 277 g/mol. The summed E-state index contributed by atoms with van der Waals surface area (Å²) in [4.78, 5) is 2.42. The molecule has 1 fully saturated rings. The van der Waals surface area contributed by atoms with E-state index < -0.39 is 0 Å². The van der Waals surface area contributed by atoms with Crippen LogP contribution in [0, 0.1) is 13.8 Å². The first-order chi connectivity index (χ1) is 9.63. The first-order valence-corrected chi connectivity index (χ1v) is 7.50. The number of nitrogens with two attached hydrogens (primary N) is 1. The molecule has 1 aromatic carbocycles. The summed E-state index contributed by atoms with van der Waals surface area (Å²) in [6, 6.07) is 6.78. The molecule has 20 heavy (non-hydrogen) atoms. The van der Waals surface area contributed by atoms with E-state index in [0.29, 0.717) is 0 Å². The molecule has 1 saturated heterocycles. The second-order valence-electron chi connectivity index (χ2n) is 5.70. The van der Waals surface area contributed by atoms with Gasteiger partial charge in [0.25, 0.3) is 0 Å². The van der Waals surface area contributed by atoms with E-state index in [-0.39, 0.29) is 12.1 Å². The van der Waals surface area contributed by atoms with Crippen LogP contribution in [0.15, 0.2) is 18.2 Å². The maximum absolute atomic E-state index is 5.91. The topological polar surface area (TPSA) is 50.5 Å². The number of benzene rings is 1. The lowest BCUT2D eigenvalue weighted by atomic mass is 9.97. The largest absolute Gasteiger partial charge is 0.374 e. The Bertz CT molecular complexity index is 436. The van der Waals surface area contributed by atoms with Gasteiger partial charge in [-0.2, -0.15) is 0 Å². The number of rotatable bonds is 5. The number of ether oxygens (including phenoxy) is 1. The Morgan fingerprint density at radius 1 is 1.40 bits per heavy atom. The Kier molecular flexibility index (Phi) is 5.54. The van der Waals surface area contributed by atoms with Crippen LogP contribution in [-0.4, -0.2) is 43.3 Å². The maximum Gasteiger partial charge on any atom is 0.0871 e. The van der Waals surface area contributed by atoms with Crippen LogP contribution >= 0.6 is 0 Å². The van der Waals surface area contributed by atoms with E-state index in [1.54, 1.807) is 0 Å². The predicted molar refractivity (Wildman–Crippen MR) is 82.6 cm³/mol. The minimum atomic E-state index is 0.159. The van der Waals surface area contributed by atoms with E-state index in [1.165, 1.54) is 16.7 Å². The zero-order chi connectivity index (χ0) is 14.5. The zero-order valence-corrected chi connectivity index (χ0v) is 12.9. The van der Waals surface area contributed by atoms with Crippen molar-refractivity contribution in [2.45, 2.75) is 39.3 Å². The second kappa shape index (κ2) is 7.18. The van der Waals surface area contributed by atoms with Gasteiger partial charge in [0.05, 0.1) is 18.8 Å². The highest BCUT2D eigenvalue weighted by molar-refractivity contribution is 5.30. The third-order valence-corrected chi connectivity index (χ3v) is 4.31. The summed E-state index contributed by atoms with van der Waals surface area (Å²) in [5, 5.41) is 0. The summed E-state index contributed by atoms with van der Waals surface area (Å²) in [7, 11) is 0. The van der Waals surface area contributed by atoms with Crippen LogP contribution in [0.25, 0.3) is 0 Å². The van der Waals surface area contributed by atoms with Gasteiger partial charge >= 0.3 is 0 Å². The maximum atomic E-state index is 5.91. The molecule has 0 bridgehead atoms. The molecule has 0 spiro atoms. The highest BCUT2D eigenvalue weighted by atomic mass is 16.5. The molecule has 0 radical (unpaired) electrons. The molecule has 2 atom stereocenters. The van der Waals surface area contributed by atoms with Gasteiger partial charge < -0.3 is 4.74 Å². The highest BCUT2D eigenvalue weighted by Gasteiger charge is 2.27. The SMILES string of the molecule is CCN1CCOC(C(Cc2ccc(C)c(C)c2)NN)C1. The van der Waals surface area contributed by atoms with Gasteiger partial charge in [-0.25, -0.2) is 0 Å². The third kappa shape index (κ3) is 3.79. The summed E-state index contributed by atoms with van der Waals surface area (Å²) in [6.45, 7) is 10.3. The van der Waals surface area contributed by atoms with E-state index in [9.17, 15) is 0 Å². The van der Waals surface area contributed by atoms with E-state index >= 15 is 0 Å². The molecule has 1 aromatic rings. The third-order valence-electron chi connectivity index (χ3n) is 4.31. The van der Waals surface area contributed by atoms with E-state index in [2.05, 4.69) is 49.3 Å². The molecular weight excluding hydrogens is 250 g/mol. The summed E-state index contributed by atoms with van der Waals surface area (Å²) < 4.78 is 5.91. The van der Waals surface area contributed by atoms with Crippen LogP contribution in [0.1, 0.15) is 23.6 Å². The molecule has 2 rings (SSSR count). The fraction of sp³-hybridized carbons (Fsp3) is 0.625. The van der Waals surface area contributed by atoms with Gasteiger partial charge in [0.15, 0.2) is 0 Å². The Hall–Kier alpha value is -0.940. The van der Waals surface area contributed by atoms with Crippen molar-refractivity contribution in [2.75, 3.05) is 26.2 Å². The second-order valence-corrected chi connectivity index (χ2v) is 5.70. The van der Waals surface area contributed by atoms with Crippen molar-refractivity contribution < 1.29 is 4.74 Å². The van der Waals surface area contributed by atoms with Crippen molar-refractivity contribution in [1.29, 1.82) is 0 Å². The summed E-state index contributed by atoms with van der Waals surface area (Å²) >= 11 is 0. The van der Waals surface area contributed by atoms with Crippen LogP contribution < -0.4 is 11.3 Å². The molecule has 1 aliphatic rings. The Balaban J connectivity index is 2.02. The lowest BCUT2D eigenvalue weighted by molar-refractivity contribution is -0.0447. The predicted octanol–water partition coefficient (Wildman–Crippen LogP) is 1.40. The van der Waals surface area contributed by atoms with Crippen molar-refractivity contribution in [2.24, 2.45) is 5.84 Å². The average Bonchev–Trinajstić information content (AvgIpc) is 2.48. The molecule has 0 amide bonds. The molecular formula is C16H27N3O. The molecule has 4 nitrogen and oxygen atoms in total. The minimum Gasteiger partial charge on any atom is -0.374 e. The number of morpholine rings is 1. The number of hydrazine groups is 1. The summed E-state index contributed by atoms with van der Waals surface area (Å²) in [5.41, 5.74) is 6.92. The molecule has 0 aliphatic carbocycles. The van der Waals surface area contributed by atoms with Gasteiger partial charge in [-0.1, -0.05) is 25.1 Å². The Morgan fingerprint density at radius 2 is 2.20 bits per heavy atom. The summed E-state index contributed by atoms with van der Waals surface area (Å²) in [6.07, 6.45) is 1.06. The summed E-state index contributed by atoms with van der Waals surface area (Å²) in [5.74, 6) is 5.76. The standard InChI is InChI=1S/C16H27N3O/c1-4-19-7-8-20-16(11-19)15(18-17)10-14-6-5-12(2)13(3)9-14/h5-6,9,15-16,18H,4,7-8,10-11,17H2,1-3H3. The van der Waals surface area contributed by atoms with Crippen molar-refractivity contribution in [3.8, 4) is 0 Å². The van der Waals surface area contributed by atoms with Crippen molar-refractivity contribution in [3.05, 3.63) is 34.9 Å². The molecule has 4 heteroatoms. The molecule has 2 unspecified atom stereocenters. The van der Waals surface area contributed by atoms with Crippen LogP contribution in [0.2, 0.25) is 0 Å². The van der Waals surface area contributed by atoms with Gasteiger partial charge in [-0.3, -0.25) is 16.2 Å². The first-order valence-electron chi connectivity index (χ1n) is 7.50. The van der Waals surface area contributed by atoms with Crippen LogP contribution in [0.4, 0.5) is 0 Å². The van der Waals surface area contributed by atoms with Crippen molar-refractivity contribution in [1.82, 2.24) is 10.3 Å². The first kappa shape index (κ1) is 15.4. The van der Waals surface area contributed by atoms with Crippen LogP contribution in [0.3, 0.4) is 0 Å². The van der Waals surface area contributed by atoms with E-state index in [4.69, 9.17) is 10.6 Å². The quantitative estimate of drug-likeness (QED) is 0.631. The van der Waals surface area contributed by atoms with Crippen molar-refractivity contribution in [3.63, 3.8) is 0 Å². The van der Waals surface area contributed by atoms with Gasteiger partial charge in [0, 0.05) is 13.1 Å². The number of aryl methyl sites for hydroxylation is 2. The Morgan fingerprint density at radius 3 is 2.85 bits per heavy atom. The normalized spacial score (nSPS) is 21.9.